The fourth-order valence-electron chi connectivity index (χ4n) is 1.29. The van der Waals surface area contributed by atoms with Crippen molar-refractivity contribution in [1.29, 1.82) is 0 Å². The van der Waals surface area contributed by atoms with Gasteiger partial charge in [-0.15, -0.1) is 11.3 Å². The molecule has 3 nitrogen and oxygen atoms in total. The average molecular weight is 254 g/mol. The van der Waals surface area contributed by atoms with Gasteiger partial charge >= 0.3 is 0 Å². The number of aromatic nitrogens is 1. The molecule has 0 aliphatic rings. The van der Waals surface area contributed by atoms with Crippen LogP contribution < -0.4 is 11.1 Å². The standard InChI is InChI=1S/C11H12ClN3S/c1-7-4-11(15-6-9(7)13)14-5-8-2-3-10(12)16-8/h2-4,6H,5,13H2,1H3,(H,14,15). The molecular weight excluding hydrogens is 242 g/mol. The molecule has 0 saturated heterocycles. The van der Waals surface area contributed by atoms with Gasteiger partial charge < -0.3 is 11.1 Å². The number of aryl methyl sites for hydroxylation is 1. The first-order valence-corrected chi connectivity index (χ1v) is 6.05. The van der Waals surface area contributed by atoms with E-state index in [4.69, 9.17) is 17.3 Å². The summed E-state index contributed by atoms with van der Waals surface area (Å²) in [5.41, 5.74) is 7.44. The molecular formula is C11H12ClN3S. The number of hydrogen-bond donors (Lipinski definition) is 2. The van der Waals surface area contributed by atoms with Gasteiger partial charge in [0.1, 0.15) is 5.82 Å². The van der Waals surface area contributed by atoms with Crippen LogP contribution in [-0.4, -0.2) is 4.98 Å². The van der Waals surface area contributed by atoms with E-state index in [2.05, 4.69) is 10.3 Å². The summed E-state index contributed by atoms with van der Waals surface area (Å²) in [5.74, 6) is 0.830. The molecule has 0 bridgehead atoms. The third-order valence-electron chi connectivity index (χ3n) is 2.22. The number of rotatable bonds is 3. The van der Waals surface area contributed by atoms with E-state index >= 15 is 0 Å². The van der Waals surface area contributed by atoms with Crippen molar-refractivity contribution in [2.24, 2.45) is 0 Å². The monoisotopic (exact) mass is 253 g/mol. The number of halogens is 1. The highest BCUT2D eigenvalue weighted by Gasteiger charge is 2.00. The molecule has 0 aromatic carbocycles. The highest BCUT2D eigenvalue weighted by molar-refractivity contribution is 7.16. The number of nitrogens with one attached hydrogen (secondary N) is 1. The molecule has 0 aliphatic heterocycles. The van der Waals surface area contributed by atoms with Crippen molar-refractivity contribution in [2.45, 2.75) is 13.5 Å². The van der Waals surface area contributed by atoms with Gasteiger partial charge in [0.05, 0.1) is 22.8 Å². The van der Waals surface area contributed by atoms with Crippen molar-refractivity contribution in [1.82, 2.24) is 4.98 Å². The molecule has 2 aromatic heterocycles. The van der Waals surface area contributed by atoms with E-state index in [1.54, 1.807) is 17.5 Å². The third kappa shape index (κ3) is 2.65. The highest BCUT2D eigenvalue weighted by atomic mass is 35.5. The van der Waals surface area contributed by atoms with E-state index in [1.165, 1.54) is 4.88 Å². The number of nitrogens with two attached hydrogens (primary N) is 1. The van der Waals surface area contributed by atoms with E-state index in [9.17, 15) is 0 Å². The summed E-state index contributed by atoms with van der Waals surface area (Å²) in [6.07, 6.45) is 1.67. The normalized spacial score (nSPS) is 10.4. The van der Waals surface area contributed by atoms with Crippen LogP contribution in [-0.2, 0) is 6.54 Å². The van der Waals surface area contributed by atoms with Gasteiger partial charge in [0.15, 0.2) is 0 Å². The number of anilines is 2. The summed E-state index contributed by atoms with van der Waals surface area (Å²) >= 11 is 7.41. The average Bonchev–Trinajstić information content (AvgIpc) is 2.66. The molecule has 3 N–H and O–H groups in total. The van der Waals surface area contributed by atoms with Gasteiger partial charge in [-0.3, -0.25) is 0 Å². The second kappa shape index (κ2) is 4.72. The quantitative estimate of drug-likeness (QED) is 0.883. The number of nitrogen functional groups attached to an aromatic ring is 1. The van der Waals surface area contributed by atoms with Gasteiger partial charge in [0.2, 0.25) is 0 Å². The molecule has 2 heterocycles. The topological polar surface area (TPSA) is 50.9 Å². The van der Waals surface area contributed by atoms with E-state index in [-0.39, 0.29) is 0 Å². The SMILES string of the molecule is Cc1cc(NCc2ccc(Cl)s2)ncc1N. The molecule has 0 aliphatic carbocycles. The first-order valence-electron chi connectivity index (χ1n) is 4.85. The third-order valence-corrected chi connectivity index (χ3v) is 3.46. The van der Waals surface area contributed by atoms with E-state index in [0.717, 1.165) is 22.3 Å². The molecule has 5 heteroatoms. The van der Waals surface area contributed by atoms with Crippen LogP contribution in [0.3, 0.4) is 0 Å². The van der Waals surface area contributed by atoms with E-state index < -0.39 is 0 Å². The molecule has 0 radical (unpaired) electrons. The minimum Gasteiger partial charge on any atom is -0.397 e. The molecule has 0 amide bonds. The molecule has 0 saturated carbocycles. The molecule has 0 fully saturated rings. The van der Waals surface area contributed by atoms with Crippen molar-refractivity contribution >= 4 is 34.4 Å². The summed E-state index contributed by atoms with van der Waals surface area (Å²) in [7, 11) is 0. The predicted octanol–water partition coefficient (Wildman–Crippen LogP) is 3.30. The van der Waals surface area contributed by atoms with Crippen LogP contribution in [0.2, 0.25) is 4.34 Å². The Kier molecular flexibility index (Phi) is 3.31. The lowest BCUT2D eigenvalue weighted by Gasteiger charge is -2.06. The van der Waals surface area contributed by atoms with E-state index in [1.807, 2.05) is 25.1 Å². The Morgan fingerprint density at radius 2 is 2.31 bits per heavy atom. The zero-order valence-electron chi connectivity index (χ0n) is 8.83. The van der Waals surface area contributed by atoms with Gasteiger partial charge in [-0.25, -0.2) is 4.98 Å². The second-order valence-electron chi connectivity index (χ2n) is 3.49. The zero-order chi connectivity index (χ0) is 11.5. The summed E-state index contributed by atoms with van der Waals surface area (Å²) in [6.45, 7) is 2.69. The highest BCUT2D eigenvalue weighted by Crippen LogP contribution is 2.22. The summed E-state index contributed by atoms with van der Waals surface area (Å²) < 4.78 is 0.804. The number of thiophene rings is 1. The van der Waals surface area contributed by atoms with Crippen LogP contribution in [0.1, 0.15) is 10.4 Å². The number of hydrogen-bond acceptors (Lipinski definition) is 4. The molecule has 84 valence electrons. The van der Waals surface area contributed by atoms with Gasteiger partial charge in [-0.2, -0.15) is 0 Å². The lowest BCUT2D eigenvalue weighted by atomic mass is 10.2. The van der Waals surface area contributed by atoms with Crippen molar-refractivity contribution in [3.63, 3.8) is 0 Å². The minimum absolute atomic E-state index is 0.713. The van der Waals surface area contributed by atoms with Crippen LogP contribution in [0.25, 0.3) is 0 Å². The van der Waals surface area contributed by atoms with Crippen LogP contribution in [0.4, 0.5) is 11.5 Å². The molecule has 2 rings (SSSR count). The molecule has 0 atom stereocenters. The van der Waals surface area contributed by atoms with E-state index in [0.29, 0.717) is 5.69 Å². The number of pyridine rings is 1. The maximum absolute atomic E-state index is 5.85. The lowest BCUT2D eigenvalue weighted by Crippen LogP contribution is -2.01. The van der Waals surface area contributed by atoms with Gasteiger partial charge in [0, 0.05) is 4.88 Å². The van der Waals surface area contributed by atoms with Gasteiger partial charge in [-0.05, 0) is 30.7 Å². The van der Waals surface area contributed by atoms with Crippen molar-refractivity contribution in [3.05, 3.63) is 39.2 Å². The molecule has 0 spiro atoms. The predicted molar refractivity (Wildman–Crippen MR) is 70.0 cm³/mol. The summed E-state index contributed by atoms with van der Waals surface area (Å²) in [5, 5.41) is 3.23. The lowest BCUT2D eigenvalue weighted by molar-refractivity contribution is 1.13. The van der Waals surface area contributed by atoms with Crippen molar-refractivity contribution in [2.75, 3.05) is 11.1 Å². The largest absolute Gasteiger partial charge is 0.397 e. The minimum atomic E-state index is 0.713. The first-order chi connectivity index (χ1) is 7.65. The Hall–Kier alpha value is -1.26. The Balaban J connectivity index is 2.02. The summed E-state index contributed by atoms with van der Waals surface area (Å²) in [6, 6.07) is 5.83. The summed E-state index contributed by atoms with van der Waals surface area (Å²) in [4.78, 5) is 5.38. The van der Waals surface area contributed by atoms with Crippen molar-refractivity contribution in [3.8, 4) is 0 Å². The molecule has 2 aromatic rings. The maximum atomic E-state index is 5.85. The Labute approximate surface area is 103 Å². The smallest absolute Gasteiger partial charge is 0.126 e. The van der Waals surface area contributed by atoms with Crippen LogP contribution in [0, 0.1) is 6.92 Å². The van der Waals surface area contributed by atoms with Crippen LogP contribution >= 0.6 is 22.9 Å². The van der Waals surface area contributed by atoms with Gasteiger partial charge in [-0.1, -0.05) is 11.6 Å². The Morgan fingerprint density at radius 3 is 2.94 bits per heavy atom. The Bertz CT molecular complexity index is 496. The van der Waals surface area contributed by atoms with Crippen LogP contribution in [0.15, 0.2) is 24.4 Å². The molecule has 16 heavy (non-hydrogen) atoms. The Morgan fingerprint density at radius 1 is 1.50 bits per heavy atom. The second-order valence-corrected chi connectivity index (χ2v) is 5.29. The van der Waals surface area contributed by atoms with Crippen molar-refractivity contribution < 1.29 is 0 Å². The maximum Gasteiger partial charge on any atom is 0.126 e. The van der Waals surface area contributed by atoms with Crippen LogP contribution in [0.5, 0.6) is 0 Å². The van der Waals surface area contributed by atoms with Gasteiger partial charge in [0.25, 0.3) is 0 Å². The number of nitrogens with zero attached hydrogens (tertiary/aromatic N) is 1. The molecule has 0 unspecified atom stereocenters. The fraction of sp³-hybridized carbons (Fsp3) is 0.182. The first kappa shape index (κ1) is 11.2. The zero-order valence-corrected chi connectivity index (χ0v) is 10.4. The fourth-order valence-corrected chi connectivity index (χ4v) is 2.31.